The predicted octanol–water partition coefficient (Wildman–Crippen LogP) is 4.99. The zero-order chi connectivity index (χ0) is 15.7. The van der Waals surface area contributed by atoms with E-state index in [0.29, 0.717) is 0 Å². The Balaban J connectivity index is 2.79. The fraction of sp³-hybridized carbons (Fsp3) is 0.200. The second kappa shape index (κ2) is 6.13. The van der Waals surface area contributed by atoms with Crippen LogP contribution in [0.5, 0.6) is 11.5 Å². The standard InChI is InChI=1S/C15H12Cl4O2/c16-9-14(17,18)15(19,10-5-1-3-7-12(10)20)11-6-2-4-8-13(11)21/h1-8,20-21H,9H2. The Morgan fingerprint density at radius 1 is 0.762 bits per heavy atom. The maximum absolute atomic E-state index is 10.1. The van der Waals surface area contributed by atoms with E-state index in [4.69, 9.17) is 46.4 Å². The Morgan fingerprint density at radius 2 is 1.14 bits per heavy atom. The molecule has 0 saturated heterocycles. The van der Waals surface area contributed by atoms with Crippen LogP contribution in [0.3, 0.4) is 0 Å². The number of alkyl halides is 4. The van der Waals surface area contributed by atoms with Gasteiger partial charge < -0.3 is 10.2 Å². The van der Waals surface area contributed by atoms with Crippen LogP contribution in [0.1, 0.15) is 11.1 Å². The summed E-state index contributed by atoms with van der Waals surface area (Å²) in [5.41, 5.74) is 0.526. The van der Waals surface area contributed by atoms with Crippen LogP contribution >= 0.6 is 46.4 Å². The molecule has 0 atom stereocenters. The molecule has 21 heavy (non-hydrogen) atoms. The van der Waals surface area contributed by atoms with E-state index >= 15 is 0 Å². The van der Waals surface area contributed by atoms with Crippen molar-refractivity contribution < 1.29 is 10.2 Å². The largest absolute Gasteiger partial charge is 0.508 e. The predicted molar refractivity (Wildman–Crippen MR) is 88.0 cm³/mol. The maximum atomic E-state index is 10.1. The molecule has 2 aromatic rings. The van der Waals surface area contributed by atoms with E-state index < -0.39 is 9.21 Å². The van der Waals surface area contributed by atoms with Crippen LogP contribution in [-0.2, 0) is 4.87 Å². The summed E-state index contributed by atoms with van der Waals surface area (Å²) in [4.78, 5) is -1.62. The lowest BCUT2D eigenvalue weighted by Crippen LogP contribution is -2.41. The smallest absolute Gasteiger partial charge is 0.159 e. The summed E-state index contributed by atoms with van der Waals surface area (Å²) in [7, 11) is 0. The molecule has 0 spiro atoms. The number of phenols is 2. The highest BCUT2D eigenvalue weighted by Crippen LogP contribution is 2.56. The van der Waals surface area contributed by atoms with Crippen molar-refractivity contribution in [3.8, 4) is 11.5 Å². The normalized spacial score (nSPS) is 12.4. The summed E-state index contributed by atoms with van der Waals surface area (Å²) in [6, 6.07) is 12.8. The molecule has 0 aromatic heterocycles. The van der Waals surface area contributed by atoms with Crippen molar-refractivity contribution in [2.24, 2.45) is 0 Å². The topological polar surface area (TPSA) is 40.5 Å². The SMILES string of the molecule is Oc1ccccc1C(Cl)(c1ccccc1O)C(Cl)(Cl)CCl. The Hall–Kier alpha value is -0.800. The third-order valence-corrected chi connectivity index (χ3v) is 5.65. The highest BCUT2D eigenvalue weighted by Gasteiger charge is 2.53. The van der Waals surface area contributed by atoms with Crippen molar-refractivity contribution in [3.05, 3.63) is 59.7 Å². The zero-order valence-electron chi connectivity index (χ0n) is 10.7. The summed E-state index contributed by atoms with van der Waals surface area (Å²) in [5.74, 6) is -0.388. The molecule has 0 unspecified atom stereocenters. The van der Waals surface area contributed by atoms with E-state index in [0.717, 1.165) is 0 Å². The third kappa shape index (κ3) is 2.78. The molecule has 0 aliphatic rings. The minimum Gasteiger partial charge on any atom is -0.508 e. The second-order valence-electron chi connectivity index (χ2n) is 4.53. The summed E-state index contributed by atoms with van der Waals surface area (Å²) in [6.07, 6.45) is 0. The first kappa shape index (κ1) is 16.6. The molecule has 0 heterocycles. The molecular formula is C15H12Cl4O2. The monoisotopic (exact) mass is 364 g/mol. The summed E-state index contributed by atoms with van der Waals surface area (Å²) in [6.45, 7) is 0. The molecule has 0 saturated carbocycles. The van der Waals surface area contributed by atoms with Crippen molar-refractivity contribution in [3.63, 3.8) is 0 Å². The molecule has 112 valence electrons. The van der Waals surface area contributed by atoms with Gasteiger partial charge in [0.1, 0.15) is 16.4 Å². The highest BCUT2D eigenvalue weighted by molar-refractivity contribution is 6.56. The van der Waals surface area contributed by atoms with Crippen molar-refractivity contribution in [1.29, 1.82) is 0 Å². The molecule has 0 aliphatic carbocycles. The van der Waals surface area contributed by atoms with Gasteiger partial charge in [0, 0.05) is 11.1 Å². The van der Waals surface area contributed by atoms with Crippen LogP contribution in [0.2, 0.25) is 0 Å². The number of halogens is 4. The Bertz CT molecular complexity index is 598. The number of hydrogen-bond donors (Lipinski definition) is 2. The average Bonchev–Trinajstić information content (AvgIpc) is 2.47. The van der Waals surface area contributed by atoms with Gasteiger partial charge >= 0.3 is 0 Å². The van der Waals surface area contributed by atoms with Crippen molar-refractivity contribution in [2.75, 3.05) is 5.88 Å². The van der Waals surface area contributed by atoms with E-state index in [1.54, 1.807) is 36.4 Å². The van der Waals surface area contributed by atoms with Gasteiger partial charge in [0.25, 0.3) is 0 Å². The van der Waals surface area contributed by atoms with Crippen molar-refractivity contribution >= 4 is 46.4 Å². The van der Waals surface area contributed by atoms with Gasteiger partial charge in [0.15, 0.2) is 4.33 Å². The van der Waals surface area contributed by atoms with Gasteiger partial charge in [0.2, 0.25) is 0 Å². The van der Waals surface area contributed by atoms with Gasteiger partial charge in [-0.15, -0.1) is 23.2 Å². The van der Waals surface area contributed by atoms with E-state index in [1.807, 2.05) is 0 Å². The highest BCUT2D eigenvalue weighted by atomic mass is 35.5. The van der Waals surface area contributed by atoms with E-state index in [1.165, 1.54) is 12.1 Å². The zero-order valence-corrected chi connectivity index (χ0v) is 13.8. The molecule has 2 rings (SSSR count). The first-order valence-electron chi connectivity index (χ1n) is 6.04. The van der Waals surface area contributed by atoms with Crippen LogP contribution < -0.4 is 0 Å². The fourth-order valence-electron chi connectivity index (χ4n) is 2.16. The van der Waals surface area contributed by atoms with E-state index in [9.17, 15) is 10.2 Å². The lowest BCUT2D eigenvalue weighted by molar-refractivity contribution is 0.442. The molecule has 2 nitrogen and oxygen atoms in total. The van der Waals surface area contributed by atoms with Crippen molar-refractivity contribution in [2.45, 2.75) is 9.21 Å². The van der Waals surface area contributed by atoms with Crippen LogP contribution in [0.25, 0.3) is 0 Å². The number of rotatable bonds is 4. The average molecular weight is 366 g/mol. The summed E-state index contributed by atoms with van der Waals surface area (Å²) < 4.78 is -1.66. The Kier molecular flexibility index (Phi) is 4.84. The number of benzene rings is 2. The molecule has 0 bridgehead atoms. The second-order valence-corrected chi connectivity index (χ2v) is 6.85. The lowest BCUT2D eigenvalue weighted by Gasteiger charge is -2.38. The quantitative estimate of drug-likeness (QED) is 0.749. The van der Waals surface area contributed by atoms with Gasteiger partial charge in [0.05, 0.1) is 5.88 Å². The van der Waals surface area contributed by atoms with Gasteiger partial charge in [-0.25, -0.2) is 0 Å². The van der Waals surface area contributed by atoms with Crippen molar-refractivity contribution in [1.82, 2.24) is 0 Å². The Labute approximate surface area is 142 Å². The molecule has 6 heteroatoms. The summed E-state index contributed by atoms with van der Waals surface area (Å²) >= 11 is 25.2. The first-order valence-corrected chi connectivity index (χ1v) is 7.71. The minimum absolute atomic E-state index is 0.0912. The molecule has 0 fully saturated rings. The van der Waals surface area contributed by atoms with Gasteiger partial charge in [-0.2, -0.15) is 0 Å². The first-order chi connectivity index (χ1) is 9.84. The van der Waals surface area contributed by atoms with E-state index in [2.05, 4.69) is 0 Å². The van der Waals surface area contributed by atoms with Crippen LogP contribution in [-0.4, -0.2) is 20.4 Å². The van der Waals surface area contributed by atoms with Crippen LogP contribution in [0.15, 0.2) is 48.5 Å². The number of aromatic hydroxyl groups is 2. The lowest BCUT2D eigenvalue weighted by atomic mass is 9.86. The third-order valence-electron chi connectivity index (χ3n) is 3.22. The van der Waals surface area contributed by atoms with E-state index in [-0.39, 0.29) is 28.5 Å². The molecule has 0 amide bonds. The fourth-order valence-corrected chi connectivity index (χ4v) is 3.22. The Morgan fingerprint density at radius 3 is 1.48 bits per heavy atom. The molecular weight excluding hydrogens is 354 g/mol. The van der Waals surface area contributed by atoms with Gasteiger partial charge in [-0.1, -0.05) is 59.6 Å². The maximum Gasteiger partial charge on any atom is 0.159 e. The van der Waals surface area contributed by atoms with Gasteiger partial charge in [-0.05, 0) is 12.1 Å². The molecule has 0 aliphatic heterocycles. The number of hydrogen-bond acceptors (Lipinski definition) is 2. The molecule has 2 N–H and O–H groups in total. The van der Waals surface area contributed by atoms with Crippen LogP contribution in [0.4, 0.5) is 0 Å². The minimum atomic E-state index is -1.66. The van der Waals surface area contributed by atoms with Crippen LogP contribution in [0, 0.1) is 0 Å². The molecule has 0 radical (unpaired) electrons. The number of phenolic OH excluding ortho intramolecular Hbond substituents is 2. The molecule has 2 aromatic carbocycles. The number of para-hydroxylation sites is 2. The summed E-state index contributed by atoms with van der Waals surface area (Å²) in [5, 5.41) is 20.3. The van der Waals surface area contributed by atoms with Gasteiger partial charge in [-0.3, -0.25) is 0 Å².